The Hall–Kier alpha value is -1.42. The smallest absolute Gasteiger partial charge is 0.225 e. The molecule has 0 bridgehead atoms. The van der Waals surface area contributed by atoms with Crippen LogP contribution < -0.4 is 11.1 Å². The van der Waals surface area contributed by atoms with Crippen molar-refractivity contribution in [2.24, 2.45) is 17.6 Å². The third-order valence-corrected chi connectivity index (χ3v) is 2.89. The summed E-state index contributed by atoms with van der Waals surface area (Å²) < 4.78 is 0. The fourth-order valence-electron chi connectivity index (χ4n) is 1.71. The van der Waals surface area contributed by atoms with Gasteiger partial charge in [-0.15, -0.1) is 0 Å². The number of amides is 1. The molecule has 4 nitrogen and oxygen atoms in total. The van der Waals surface area contributed by atoms with Crippen LogP contribution in [-0.4, -0.2) is 17.4 Å². The Morgan fingerprint density at radius 1 is 1.41 bits per heavy atom. The van der Waals surface area contributed by atoms with E-state index in [-0.39, 0.29) is 23.8 Å². The highest BCUT2D eigenvalue weighted by atomic mass is 16.2. The zero-order chi connectivity index (χ0) is 12.8. The molecule has 0 aromatic carbocycles. The molecule has 0 spiro atoms. The van der Waals surface area contributed by atoms with Gasteiger partial charge in [-0.1, -0.05) is 19.9 Å². The molecule has 0 aliphatic rings. The van der Waals surface area contributed by atoms with Crippen molar-refractivity contribution in [1.82, 2.24) is 10.3 Å². The molecule has 0 radical (unpaired) electrons. The molecule has 0 fully saturated rings. The van der Waals surface area contributed by atoms with Crippen molar-refractivity contribution in [2.75, 3.05) is 6.54 Å². The summed E-state index contributed by atoms with van der Waals surface area (Å²) in [6, 6.07) is 5.58. The van der Waals surface area contributed by atoms with E-state index < -0.39 is 0 Å². The van der Waals surface area contributed by atoms with Crippen LogP contribution in [0.25, 0.3) is 0 Å². The predicted molar refractivity (Wildman–Crippen MR) is 68.2 cm³/mol. The van der Waals surface area contributed by atoms with Crippen molar-refractivity contribution in [3.05, 3.63) is 30.1 Å². The van der Waals surface area contributed by atoms with Crippen molar-refractivity contribution in [1.29, 1.82) is 0 Å². The molecule has 1 aromatic heterocycles. The second-order valence-corrected chi connectivity index (χ2v) is 4.57. The van der Waals surface area contributed by atoms with Crippen LogP contribution in [0.15, 0.2) is 24.4 Å². The number of nitrogens with one attached hydrogen (secondary N) is 1. The van der Waals surface area contributed by atoms with E-state index in [4.69, 9.17) is 5.73 Å². The van der Waals surface area contributed by atoms with Crippen LogP contribution in [0.2, 0.25) is 0 Å². The standard InChI is InChI=1S/C13H21N3O/c1-9(2)11(8-14)13(17)16-10(3)12-6-4-5-7-15-12/h4-7,9-11H,8,14H2,1-3H3,(H,16,17). The first-order valence-electron chi connectivity index (χ1n) is 5.97. The number of nitrogens with two attached hydrogens (primary N) is 1. The largest absolute Gasteiger partial charge is 0.348 e. The van der Waals surface area contributed by atoms with Crippen LogP contribution in [-0.2, 0) is 4.79 Å². The van der Waals surface area contributed by atoms with E-state index in [1.165, 1.54) is 0 Å². The molecule has 0 saturated carbocycles. The molecule has 94 valence electrons. The summed E-state index contributed by atoms with van der Waals surface area (Å²) in [5.74, 6) is 0.109. The summed E-state index contributed by atoms with van der Waals surface area (Å²) in [4.78, 5) is 16.2. The minimum Gasteiger partial charge on any atom is -0.348 e. The summed E-state index contributed by atoms with van der Waals surface area (Å²) in [6.07, 6.45) is 1.72. The molecule has 2 atom stereocenters. The van der Waals surface area contributed by atoms with Gasteiger partial charge in [0, 0.05) is 12.7 Å². The van der Waals surface area contributed by atoms with Gasteiger partial charge in [-0.25, -0.2) is 0 Å². The topological polar surface area (TPSA) is 68.0 Å². The summed E-state index contributed by atoms with van der Waals surface area (Å²) in [5.41, 5.74) is 6.47. The molecular weight excluding hydrogens is 214 g/mol. The molecule has 0 aliphatic carbocycles. The Kier molecular flexibility index (Phi) is 5.10. The average Bonchev–Trinajstić information content (AvgIpc) is 2.30. The summed E-state index contributed by atoms with van der Waals surface area (Å²) in [7, 11) is 0. The van der Waals surface area contributed by atoms with Crippen LogP contribution in [0.1, 0.15) is 32.5 Å². The van der Waals surface area contributed by atoms with Crippen molar-refractivity contribution in [2.45, 2.75) is 26.8 Å². The van der Waals surface area contributed by atoms with Crippen molar-refractivity contribution >= 4 is 5.91 Å². The van der Waals surface area contributed by atoms with Gasteiger partial charge in [0.2, 0.25) is 5.91 Å². The highest BCUT2D eigenvalue weighted by Crippen LogP contribution is 2.13. The molecule has 1 aromatic rings. The molecule has 1 amide bonds. The van der Waals surface area contributed by atoms with Gasteiger partial charge in [0.15, 0.2) is 0 Å². The van der Waals surface area contributed by atoms with Gasteiger partial charge in [-0.3, -0.25) is 9.78 Å². The lowest BCUT2D eigenvalue weighted by Gasteiger charge is -2.21. The number of nitrogens with zero attached hydrogens (tertiary/aromatic N) is 1. The van der Waals surface area contributed by atoms with Gasteiger partial charge >= 0.3 is 0 Å². The van der Waals surface area contributed by atoms with Gasteiger partial charge in [0.1, 0.15) is 0 Å². The SMILES string of the molecule is CC(NC(=O)C(CN)C(C)C)c1ccccn1. The van der Waals surface area contributed by atoms with Crippen LogP contribution in [0.5, 0.6) is 0 Å². The van der Waals surface area contributed by atoms with E-state index >= 15 is 0 Å². The highest BCUT2D eigenvalue weighted by molar-refractivity contribution is 5.79. The number of hydrogen-bond donors (Lipinski definition) is 2. The van der Waals surface area contributed by atoms with Gasteiger partial charge in [-0.2, -0.15) is 0 Å². The summed E-state index contributed by atoms with van der Waals surface area (Å²) in [6.45, 7) is 6.30. The molecule has 17 heavy (non-hydrogen) atoms. The third kappa shape index (κ3) is 3.82. The normalized spacial score (nSPS) is 14.4. The van der Waals surface area contributed by atoms with Crippen molar-refractivity contribution in [3.8, 4) is 0 Å². The second kappa shape index (κ2) is 6.35. The first kappa shape index (κ1) is 13.6. The third-order valence-electron chi connectivity index (χ3n) is 2.89. The van der Waals surface area contributed by atoms with E-state index in [2.05, 4.69) is 10.3 Å². The lowest BCUT2D eigenvalue weighted by atomic mass is 9.95. The number of rotatable bonds is 5. The van der Waals surface area contributed by atoms with Crippen LogP contribution >= 0.6 is 0 Å². The van der Waals surface area contributed by atoms with Gasteiger partial charge in [0.05, 0.1) is 17.7 Å². The van der Waals surface area contributed by atoms with E-state index in [0.717, 1.165) is 5.69 Å². The zero-order valence-electron chi connectivity index (χ0n) is 10.7. The van der Waals surface area contributed by atoms with E-state index in [1.54, 1.807) is 6.20 Å². The number of aromatic nitrogens is 1. The molecule has 1 heterocycles. The molecule has 4 heteroatoms. The Bertz CT molecular complexity index is 351. The van der Waals surface area contributed by atoms with Gasteiger partial charge in [0.25, 0.3) is 0 Å². The fourth-order valence-corrected chi connectivity index (χ4v) is 1.71. The lowest BCUT2D eigenvalue weighted by Crippen LogP contribution is -2.39. The van der Waals surface area contributed by atoms with Crippen LogP contribution in [0, 0.1) is 11.8 Å². The number of pyridine rings is 1. The first-order valence-corrected chi connectivity index (χ1v) is 5.97. The minimum atomic E-state index is -0.138. The summed E-state index contributed by atoms with van der Waals surface area (Å²) >= 11 is 0. The molecule has 3 N–H and O–H groups in total. The molecule has 2 unspecified atom stereocenters. The maximum Gasteiger partial charge on any atom is 0.225 e. The van der Waals surface area contributed by atoms with Crippen LogP contribution in [0.4, 0.5) is 0 Å². The maximum absolute atomic E-state index is 12.0. The van der Waals surface area contributed by atoms with E-state index in [0.29, 0.717) is 6.54 Å². The molecule has 1 rings (SSSR count). The monoisotopic (exact) mass is 235 g/mol. The predicted octanol–water partition coefficient (Wildman–Crippen LogP) is 1.49. The Morgan fingerprint density at radius 3 is 2.59 bits per heavy atom. The quantitative estimate of drug-likeness (QED) is 0.812. The second-order valence-electron chi connectivity index (χ2n) is 4.57. The van der Waals surface area contributed by atoms with Gasteiger partial charge < -0.3 is 11.1 Å². The number of carbonyl (C=O) groups is 1. The van der Waals surface area contributed by atoms with Crippen molar-refractivity contribution < 1.29 is 4.79 Å². The Morgan fingerprint density at radius 2 is 2.12 bits per heavy atom. The maximum atomic E-state index is 12.0. The highest BCUT2D eigenvalue weighted by Gasteiger charge is 2.22. The first-order chi connectivity index (χ1) is 8.06. The fraction of sp³-hybridized carbons (Fsp3) is 0.538. The zero-order valence-corrected chi connectivity index (χ0v) is 10.7. The van der Waals surface area contributed by atoms with E-state index in [1.807, 2.05) is 39.0 Å². The lowest BCUT2D eigenvalue weighted by molar-refractivity contribution is -0.126. The van der Waals surface area contributed by atoms with E-state index in [9.17, 15) is 4.79 Å². The Balaban J connectivity index is 2.63. The summed E-state index contributed by atoms with van der Waals surface area (Å²) in [5, 5.41) is 2.95. The van der Waals surface area contributed by atoms with Crippen molar-refractivity contribution in [3.63, 3.8) is 0 Å². The molecular formula is C13H21N3O. The average molecular weight is 235 g/mol. The minimum absolute atomic E-state index is 0.000605. The van der Waals surface area contributed by atoms with Gasteiger partial charge in [-0.05, 0) is 25.0 Å². The molecule has 0 saturated heterocycles. The number of hydrogen-bond acceptors (Lipinski definition) is 3. The van der Waals surface area contributed by atoms with Crippen LogP contribution in [0.3, 0.4) is 0 Å². The molecule has 0 aliphatic heterocycles. The number of carbonyl (C=O) groups excluding carboxylic acids is 1. The Labute approximate surface area is 103 Å².